The van der Waals surface area contributed by atoms with Crippen LogP contribution < -0.4 is 5.32 Å². The normalized spacial score (nSPS) is 25.7. The molecule has 1 saturated heterocycles. The lowest BCUT2D eigenvalue weighted by Gasteiger charge is -2.28. The minimum Gasteiger partial charge on any atom is -0.376 e. The molecule has 1 fully saturated rings. The van der Waals surface area contributed by atoms with Gasteiger partial charge < -0.3 is 19.4 Å². The van der Waals surface area contributed by atoms with Gasteiger partial charge in [-0.15, -0.1) is 10.2 Å². The second-order valence-corrected chi connectivity index (χ2v) is 5.92. The summed E-state index contributed by atoms with van der Waals surface area (Å²) >= 11 is 0. The van der Waals surface area contributed by atoms with Crippen molar-refractivity contribution in [2.24, 2.45) is 0 Å². The lowest BCUT2D eigenvalue weighted by molar-refractivity contribution is -0.148. The van der Waals surface area contributed by atoms with Crippen LogP contribution in [0.15, 0.2) is 0 Å². The highest BCUT2D eigenvalue weighted by Gasteiger charge is 2.28. The van der Waals surface area contributed by atoms with Crippen LogP contribution in [0.4, 0.5) is 0 Å². The van der Waals surface area contributed by atoms with E-state index in [-0.39, 0.29) is 11.9 Å². The summed E-state index contributed by atoms with van der Waals surface area (Å²) in [7, 11) is 0. The van der Waals surface area contributed by atoms with Crippen molar-refractivity contribution in [1.29, 1.82) is 0 Å². The van der Waals surface area contributed by atoms with Gasteiger partial charge in [-0.2, -0.15) is 0 Å². The van der Waals surface area contributed by atoms with Crippen molar-refractivity contribution in [3.63, 3.8) is 0 Å². The summed E-state index contributed by atoms with van der Waals surface area (Å²) in [6, 6.07) is 0.101. The average Bonchev–Trinajstić information content (AvgIpc) is 2.91. The molecule has 7 nitrogen and oxygen atoms in total. The van der Waals surface area contributed by atoms with E-state index < -0.39 is 6.10 Å². The molecule has 0 spiro atoms. The molecule has 1 amide bonds. The summed E-state index contributed by atoms with van der Waals surface area (Å²) in [6.45, 7) is 6.33. The third-order valence-corrected chi connectivity index (χ3v) is 3.95. The average molecular weight is 294 g/mol. The van der Waals surface area contributed by atoms with E-state index in [1.165, 1.54) is 0 Å². The molecule has 0 saturated carbocycles. The predicted molar refractivity (Wildman–Crippen MR) is 74.9 cm³/mol. The van der Waals surface area contributed by atoms with Crippen LogP contribution >= 0.6 is 0 Å². The number of ether oxygens (including phenoxy) is 2. The number of amides is 1. The summed E-state index contributed by atoms with van der Waals surface area (Å²) in [4.78, 5) is 12.2. The van der Waals surface area contributed by atoms with E-state index in [9.17, 15) is 4.79 Å². The number of carbonyl (C=O) groups excluding carboxylic acids is 1. The van der Waals surface area contributed by atoms with E-state index in [0.29, 0.717) is 25.7 Å². The molecule has 0 aliphatic carbocycles. The maximum atomic E-state index is 12.2. The van der Waals surface area contributed by atoms with Crippen molar-refractivity contribution in [3.05, 3.63) is 11.6 Å². The van der Waals surface area contributed by atoms with Crippen molar-refractivity contribution in [1.82, 2.24) is 20.1 Å². The number of fused-ring (bicyclic) bond motifs is 1. The molecule has 0 radical (unpaired) electrons. The molecule has 0 bridgehead atoms. The van der Waals surface area contributed by atoms with Crippen LogP contribution in [-0.2, 0) is 27.2 Å². The minimum atomic E-state index is -0.481. The second-order valence-electron chi connectivity index (χ2n) is 5.92. The molecule has 2 aliphatic heterocycles. The molecule has 3 heterocycles. The molecule has 116 valence electrons. The van der Waals surface area contributed by atoms with Gasteiger partial charge in [0.2, 0.25) is 0 Å². The van der Waals surface area contributed by atoms with Crippen LogP contribution in [0.2, 0.25) is 0 Å². The molecule has 3 rings (SSSR count). The molecule has 7 heteroatoms. The SMILES string of the molecule is CC(C)c1nnc2n1C[C@H](NC(=O)[C@@H]1COCCO1)CC2. The third kappa shape index (κ3) is 3.08. The van der Waals surface area contributed by atoms with Crippen LogP contribution in [-0.4, -0.2) is 52.6 Å². The lowest BCUT2D eigenvalue weighted by atomic mass is 10.1. The summed E-state index contributed by atoms with van der Waals surface area (Å²) in [5, 5.41) is 11.6. The summed E-state index contributed by atoms with van der Waals surface area (Å²) in [6.07, 6.45) is 1.24. The van der Waals surface area contributed by atoms with E-state index in [1.807, 2.05) is 0 Å². The first-order valence-electron chi connectivity index (χ1n) is 7.57. The summed E-state index contributed by atoms with van der Waals surface area (Å²) in [5.41, 5.74) is 0. The smallest absolute Gasteiger partial charge is 0.251 e. The quantitative estimate of drug-likeness (QED) is 0.864. The van der Waals surface area contributed by atoms with Gasteiger partial charge in [-0.3, -0.25) is 4.79 Å². The van der Waals surface area contributed by atoms with Crippen LogP contribution in [0.25, 0.3) is 0 Å². The van der Waals surface area contributed by atoms with Crippen molar-refractivity contribution < 1.29 is 14.3 Å². The Morgan fingerprint density at radius 3 is 2.95 bits per heavy atom. The van der Waals surface area contributed by atoms with Crippen molar-refractivity contribution in [2.45, 2.75) is 51.3 Å². The van der Waals surface area contributed by atoms with Gasteiger partial charge in [0.1, 0.15) is 11.6 Å². The highest BCUT2D eigenvalue weighted by atomic mass is 16.6. The van der Waals surface area contributed by atoms with E-state index in [2.05, 4.69) is 33.9 Å². The number of hydrogen-bond acceptors (Lipinski definition) is 5. The molecule has 0 aromatic carbocycles. The van der Waals surface area contributed by atoms with Crippen molar-refractivity contribution in [2.75, 3.05) is 19.8 Å². The highest BCUT2D eigenvalue weighted by molar-refractivity contribution is 5.81. The fourth-order valence-electron chi connectivity index (χ4n) is 2.83. The Bertz CT molecular complexity index is 508. The molecule has 0 unspecified atom stereocenters. The zero-order valence-corrected chi connectivity index (χ0v) is 12.5. The van der Waals surface area contributed by atoms with Crippen LogP contribution in [0.5, 0.6) is 0 Å². The van der Waals surface area contributed by atoms with Gasteiger partial charge in [-0.25, -0.2) is 0 Å². The molecular weight excluding hydrogens is 272 g/mol. The van der Waals surface area contributed by atoms with Gasteiger partial charge in [-0.05, 0) is 6.42 Å². The largest absolute Gasteiger partial charge is 0.376 e. The second kappa shape index (κ2) is 6.11. The molecule has 1 aromatic rings. The molecule has 1 aromatic heterocycles. The summed E-state index contributed by atoms with van der Waals surface area (Å²) in [5.74, 6) is 2.25. The van der Waals surface area contributed by atoms with E-state index in [1.54, 1.807) is 0 Å². The van der Waals surface area contributed by atoms with Crippen LogP contribution in [0.3, 0.4) is 0 Å². The van der Waals surface area contributed by atoms with Gasteiger partial charge in [0.05, 0.1) is 19.8 Å². The molecular formula is C14H22N4O3. The van der Waals surface area contributed by atoms with Gasteiger partial charge >= 0.3 is 0 Å². The van der Waals surface area contributed by atoms with Crippen molar-refractivity contribution in [3.8, 4) is 0 Å². The monoisotopic (exact) mass is 294 g/mol. The van der Waals surface area contributed by atoms with E-state index in [0.717, 1.165) is 31.0 Å². The minimum absolute atomic E-state index is 0.0812. The molecule has 2 atom stereocenters. The highest BCUT2D eigenvalue weighted by Crippen LogP contribution is 2.20. The maximum absolute atomic E-state index is 12.2. The Kier molecular flexibility index (Phi) is 4.21. The van der Waals surface area contributed by atoms with Gasteiger partial charge in [0.25, 0.3) is 5.91 Å². The zero-order chi connectivity index (χ0) is 14.8. The predicted octanol–water partition coefficient (Wildman–Crippen LogP) is 0.248. The number of aromatic nitrogens is 3. The Morgan fingerprint density at radius 2 is 2.24 bits per heavy atom. The van der Waals surface area contributed by atoms with Gasteiger partial charge in [-0.1, -0.05) is 13.8 Å². The van der Waals surface area contributed by atoms with Crippen LogP contribution in [0.1, 0.15) is 37.8 Å². The fraction of sp³-hybridized carbons (Fsp3) is 0.786. The van der Waals surface area contributed by atoms with E-state index in [4.69, 9.17) is 9.47 Å². The zero-order valence-electron chi connectivity index (χ0n) is 12.5. The Hall–Kier alpha value is -1.47. The lowest BCUT2D eigenvalue weighted by Crippen LogP contribution is -2.49. The molecule has 1 N–H and O–H groups in total. The third-order valence-electron chi connectivity index (χ3n) is 3.95. The number of nitrogens with zero attached hydrogens (tertiary/aromatic N) is 3. The van der Waals surface area contributed by atoms with Crippen LogP contribution in [0, 0.1) is 0 Å². The van der Waals surface area contributed by atoms with Gasteiger partial charge in [0.15, 0.2) is 6.10 Å². The maximum Gasteiger partial charge on any atom is 0.251 e. The Balaban J connectivity index is 1.63. The molecule has 21 heavy (non-hydrogen) atoms. The first-order valence-corrected chi connectivity index (χ1v) is 7.57. The standard InChI is InChI=1S/C14H22N4O3/c1-9(2)13-17-16-12-4-3-10(7-18(12)13)15-14(19)11-8-20-5-6-21-11/h9-11H,3-8H2,1-2H3,(H,15,19)/t10-,11+/m1/s1. The number of carbonyl (C=O) groups is 1. The number of hydrogen-bond donors (Lipinski definition) is 1. The first kappa shape index (κ1) is 14.5. The number of nitrogens with one attached hydrogen (secondary N) is 1. The van der Waals surface area contributed by atoms with Gasteiger partial charge in [0, 0.05) is 24.9 Å². The summed E-state index contributed by atoms with van der Waals surface area (Å²) < 4.78 is 12.8. The Labute approximate surface area is 124 Å². The number of rotatable bonds is 3. The van der Waals surface area contributed by atoms with E-state index >= 15 is 0 Å². The van der Waals surface area contributed by atoms with Crippen molar-refractivity contribution >= 4 is 5.91 Å². The molecule has 2 aliphatic rings. The topological polar surface area (TPSA) is 78.3 Å². The fourth-order valence-corrected chi connectivity index (χ4v) is 2.83. The first-order chi connectivity index (χ1) is 10.1. The number of aryl methyl sites for hydroxylation is 1. The Morgan fingerprint density at radius 1 is 1.38 bits per heavy atom.